The molecule has 2 aliphatic heterocycles. The van der Waals surface area contributed by atoms with Crippen LogP contribution in [0.15, 0.2) is 60.7 Å². The number of nitrogens with zero attached hydrogens (tertiary/aromatic N) is 1. The van der Waals surface area contributed by atoms with Crippen LogP contribution >= 0.6 is 15.9 Å². The van der Waals surface area contributed by atoms with E-state index in [1.165, 1.54) is 0 Å². The van der Waals surface area contributed by atoms with E-state index in [1.54, 1.807) is 4.90 Å². The summed E-state index contributed by atoms with van der Waals surface area (Å²) in [5.41, 5.74) is 2.21. The molecule has 5 heteroatoms. The smallest absolute Gasteiger partial charge is 0.412 e. The lowest BCUT2D eigenvalue weighted by molar-refractivity contribution is -0.0515. The third-order valence-corrected chi connectivity index (χ3v) is 5.63. The molecule has 0 bridgehead atoms. The molecule has 24 heavy (non-hydrogen) atoms. The van der Waals surface area contributed by atoms with Gasteiger partial charge in [-0.25, -0.2) is 4.79 Å². The van der Waals surface area contributed by atoms with E-state index in [4.69, 9.17) is 9.47 Å². The summed E-state index contributed by atoms with van der Waals surface area (Å²) in [5, 5.41) is 0. The predicted molar refractivity (Wildman–Crippen MR) is 93.9 cm³/mol. The van der Waals surface area contributed by atoms with E-state index in [0.717, 1.165) is 11.1 Å². The number of amides is 1. The van der Waals surface area contributed by atoms with Gasteiger partial charge in [0.2, 0.25) is 0 Å². The van der Waals surface area contributed by atoms with Crippen LogP contribution in [0.4, 0.5) is 4.79 Å². The van der Waals surface area contributed by atoms with Gasteiger partial charge in [-0.2, -0.15) is 0 Å². The number of ether oxygens (including phenoxy) is 2. The third-order valence-electron chi connectivity index (χ3n) is 4.59. The van der Waals surface area contributed by atoms with E-state index in [1.807, 2.05) is 60.7 Å². The lowest BCUT2D eigenvalue weighted by atomic mass is 10.0. The molecule has 2 fully saturated rings. The van der Waals surface area contributed by atoms with Gasteiger partial charge >= 0.3 is 6.09 Å². The standard InChI is InChI=1S/C19H18BrNO3/c20-17-16(11-13-7-3-1-4-8-13)24-19(22)21-15(12-23-18(17)21)14-9-5-2-6-10-14/h1-10,15-18H,11-12H2/t15-,16-,17-,18+/m0/s1. The summed E-state index contributed by atoms with van der Waals surface area (Å²) in [6.45, 7) is 0.490. The Morgan fingerprint density at radius 1 is 1.04 bits per heavy atom. The molecule has 0 radical (unpaired) electrons. The molecule has 0 aliphatic carbocycles. The number of carbonyl (C=O) groups is 1. The molecule has 4 atom stereocenters. The second-order valence-corrected chi connectivity index (χ2v) is 7.17. The lowest BCUT2D eigenvalue weighted by Crippen LogP contribution is -2.54. The Kier molecular flexibility index (Phi) is 4.29. The van der Waals surface area contributed by atoms with Crippen molar-refractivity contribution < 1.29 is 14.3 Å². The van der Waals surface area contributed by atoms with E-state index < -0.39 is 0 Å². The minimum absolute atomic E-state index is 0.0656. The van der Waals surface area contributed by atoms with Crippen molar-refractivity contribution in [3.63, 3.8) is 0 Å². The second-order valence-electron chi connectivity index (χ2n) is 6.11. The van der Waals surface area contributed by atoms with E-state index in [2.05, 4.69) is 15.9 Å². The first-order valence-electron chi connectivity index (χ1n) is 8.07. The number of carbonyl (C=O) groups excluding carboxylic acids is 1. The molecule has 124 valence electrons. The molecule has 0 aromatic heterocycles. The molecule has 4 rings (SSSR count). The maximum Gasteiger partial charge on any atom is 0.412 e. The van der Waals surface area contributed by atoms with Crippen molar-refractivity contribution in [1.29, 1.82) is 0 Å². The number of hydrogen-bond donors (Lipinski definition) is 0. The summed E-state index contributed by atoms with van der Waals surface area (Å²) in [5.74, 6) is 0. The number of halogens is 1. The van der Waals surface area contributed by atoms with Gasteiger partial charge in [0.05, 0.1) is 17.5 Å². The minimum atomic E-state index is -0.303. The zero-order chi connectivity index (χ0) is 16.5. The van der Waals surface area contributed by atoms with Crippen molar-refractivity contribution in [3.8, 4) is 0 Å². The Morgan fingerprint density at radius 3 is 2.42 bits per heavy atom. The molecular weight excluding hydrogens is 370 g/mol. The van der Waals surface area contributed by atoms with Crippen molar-refractivity contribution in [2.75, 3.05) is 6.61 Å². The summed E-state index contributed by atoms with van der Waals surface area (Å²) < 4.78 is 11.7. The van der Waals surface area contributed by atoms with Crippen molar-refractivity contribution in [2.24, 2.45) is 0 Å². The summed E-state index contributed by atoms with van der Waals surface area (Å²) in [7, 11) is 0. The normalized spacial score (nSPS) is 29.2. The largest absolute Gasteiger partial charge is 0.444 e. The predicted octanol–water partition coefficient (Wildman–Crippen LogP) is 3.91. The Labute approximate surface area is 149 Å². The van der Waals surface area contributed by atoms with Crippen LogP contribution in [0.1, 0.15) is 17.2 Å². The average Bonchev–Trinajstić information content (AvgIpc) is 3.07. The van der Waals surface area contributed by atoms with Gasteiger partial charge in [0.1, 0.15) is 6.10 Å². The molecule has 2 aliphatic rings. The third kappa shape index (κ3) is 2.82. The van der Waals surface area contributed by atoms with Gasteiger partial charge in [-0.3, -0.25) is 4.90 Å². The molecule has 0 unspecified atom stereocenters. The van der Waals surface area contributed by atoms with Crippen LogP contribution in [0, 0.1) is 0 Å². The SMILES string of the molecule is O=C1O[C@@H](Cc2ccccc2)[C@H](Br)[C@H]2OC[C@@H](c3ccccc3)N12. The second kappa shape index (κ2) is 6.57. The first-order chi connectivity index (χ1) is 11.7. The van der Waals surface area contributed by atoms with Crippen LogP contribution in [0.3, 0.4) is 0 Å². The molecule has 2 aromatic rings. The fraction of sp³-hybridized carbons (Fsp3) is 0.316. The maximum atomic E-state index is 12.6. The first kappa shape index (κ1) is 15.7. The summed E-state index contributed by atoms with van der Waals surface area (Å²) >= 11 is 3.70. The highest BCUT2D eigenvalue weighted by Crippen LogP contribution is 2.39. The highest BCUT2D eigenvalue weighted by molar-refractivity contribution is 9.09. The van der Waals surface area contributed by atoms with Gasteiger partial charge < -0.3 is 9.47 Å². The number of cyclic esters (lactones) is 1. The van der Waals surface area contributed by atoms with E-state index >= 15 is 0 Å². The fourth-order valence-electron chi connectivity index (χ4n) is 3.38. The summed E-state index contributed by atoms with van der Waals surface area (Å²) in [4.78, 5) is 14.3. The Bertz CT molecular complexity index is 709. The Morgan fingerprint density at radius 2 is 1.71 bits per heavy atom. The molecule has 0 saturated carbocycles. The summed E-state index contributed by atoms with van der Waals surface area (Å²) in [6.07, 6.45) is -0.171. The monoisotopic (exact) mass is 387 g/mol. The number of benzene rings is 2. The number of fused-ring (bicyclic) bond motifs is 1. The van der Waals surface area contributed by atoms with Gasteiger partial charge in [-0.1, -0.05) is 76.6 Å². The van der Waals surface area contributed by atoms with Crippen molar-refractivity contribution in [3.05, 3.63) is 71.8 Å². The van der Waals surface area contributed by atoms with Gasteiger partial charge in [-0.15, -0.1) is 0 Å². The van der Waals surface area contributed by atoms with Crippen LogP contribution in [0.25, 0.3) is 0 Å². The molecule has 2 heterocycles. The zero-order valence-electron chi connectivity index (χ0n) is 13.0. The summed E-state index contributed by atoms with van der Waals surface area (Å²) in [6, 6.07) is 19.9. The highest BCUT2D eigenvalue weighted by atomic mass is 79.9. The quantitative estimate of drug-likeness (QED) is 0.749. The molecule has 2 saturated heterocycles. The fourth-order valence-corrected chi connectivity index (χ4v) is 4.08. The van der Waals surface area contributed by atoms with Gasteiger partial charge in [-0.05, 0) is 11.1 Å². The number of alkyl halides is 1. The highest BCUT2D eigenvalue weighted by Gasteiger charge is 2.50. The van der Waals surface area contributed by atoms with E-state index in [0.29, 0.717) is 13.0 Å². The van der Waals surface area contributed by atoms with Crippen molar-refractivity contribution >= 4 is 22.0 Å². The van der Waals surface area contributed by atoms with Crippen molar-refractivity contribution in [2.45, 2.75) is 29.6 Å². The molecule has 0 N–H and O–H groups in total. The number of hydrogen-bond acceptors (Lipinski definition) is 3. The molecule has 4 nitrogen and oxygen atoms in total. The average molecular weight is 388 g/mol. The van der Waals surface area contributed by atoms with Crippen LogP contribution in [0.2, 0.25) is 0 Å². The molecular formula is C19H18BrNO3. The van der Waals surface area contributed by atoms with Crippen LogP contribution in [-0.2, 0) is 15.9 Å². The topological polar surface area (TPSA) is 38.8 Å². The lowest BCUT2D eigenvalue weighted by Gasteiger charge is -2.39. The Balaban J connectivity index is 1.54. The minimum Gasteiger partial charge on any atom is -0.444 e. The Hall–Kier alpha value is -1.85. The molecule has 1 amide bonds. The number of rotatable bonds is 3. The zero-order valence-corrected chi connectivity index (χ0v) is 14.6. The van der Waals surface area contributed by atoms with Gasteiger partial charge in [0.25, 0.3) is 0 Å². The van der Waals surface area contributed by atoms with Gasteiger partial charge in [0.15, 0.2) is 6.23 Å². The molecule has 2 aromatic carbocycles. The van der Waals surface area contributed by atoms with Gasteiger partial charge in [0, 0.05) is 6.42 Å². The van der Waals surface area contributed by atoms with Crippen molar-refractivity contribution in [1.82, 2.24) is 4.90 Å². The van der Waals surface area contributed by atoms with E-state index in [9.17, 15) is 4.79 Å². The molecule has 0 spiro atoms. The maximum absolute atomic E-state index is 12.6. The van der Waals surface area contributed by atoms with Crippen LogP contribution in [-0.4, -0.2) is 34.8 Å². The first-order valence-corrected chi connectivity index (χ1v) is 8.99. The van der Waals surface area contributed by atoms with Crippen LogP contribution < -0.4 is 0 Å². The van der Waals surface area contributed by atoms with Crippen LogP contribution in [0.5, 0.6) is 0 Å². The van der Waals surface area contributed by atoms with E-state index in [-0.39, 0.29) is 29.3 Å².